The summed E-state index contributed by atoms with van der Waals surface area (Å²) in [5, 5.41) is 7.28. The molecule has 1 aromatic heterocycles. The third-order valence-corrected chi connectivity index (χ3v) is 3.71. The van der Waals surface area contributed by atoms with Crippen molar-refractivity contribution >= 4 is 11.6 Å². The Morgan fingerprint density at radius 1 is 1.32 bits per heavy atom. The van der Waals surface area contributed by atoms with Crippen molar-refractivity contribution in [1.82, 2.24) is 9.78 Å². The van der Waals surface area contributed by atoms with Gasteiger partial charge < -0.3 is 10.1 Å². The number of amides is 1. The Kier molecular flexibility index (Phi) is 4.85. The Balaban J connectivity index is 2.15. The maximum absolute atomic E-state index is 12.3. The van der Waals surface area contributed by atoms with Gasteiger partial charge in [-0.1, -0.05) is 6.07 Å². The first-order valence-electron chi connectivity index (χ1n) is 7.44. The number of carbonyl (C=O) groups is 1. The Bertz CT molecular complexity index is 689. The molecule has 118 valence electrons. The lowest BCUT2D eigenvalue weighted by Crippen LogP contribution is -2.16. The number of hydrogen-bond acceptors (Lipinski definition) is 3. The average molecular weight is 301 g/mol. The van der Waals surface area contributed by atoms with Crippen molar-refractivity contribution in [2.75, 3.05) is 11.9 Å². The predicted molar refractivity (Wildman–Crippen MR) is 87.4 cm³/mol. The lowest BCUT2D eigenvalue weighted by Gasteiger charge is -2.12. The van der Waals surface area contributed by atoms with Crippen molar-refractivity contribution < 1.29 is 9.53 Å². The maximum Gasteiger partial charge on any atom is 0.229 e. The van der Waals surface area contributed by atoms with E-state index in [4.69, 9.17) is 4.74 Å². The van der Waals surface area contributed by atoms with E-state index in [1.54, 1.807) is 4.68 Å². The molecule has 22 heavy (non-hydrogen) atoms. The van der Waals surface area contributed by atoms with Crippen LogP contribution in [0.3, 0.4) is 0 Å². The predicted octanol–water partition coefficient (Wildman–Crippen LogP) is 2.93. The Morgan fingerprint density at radius 3 is 2.64 bits per heavy atom. The lowest BCUT2D eigenvalue weighted by atomic mass is 10.1. The fourth-order valence-electron chi connectivity index (χ4n) is 2.44. The Hall–Kier alpha value is -2.30. The third-order valence-electron chi connectivity index (χ3n) is 3.71. The zero-order valence-electron chi connectivity index (χ0n) is 13.9. The van der Waals surface area contributed by atoms with Crippen LogP contribution < -0.4 is 10.1 Å². The van der Waals surface area contributed by atoms with Gasteiger partial charge in [-0.3, -0.25) is 9.48 Å². The van der Waals surface area contributed by atoms with Crippen molar-refractivity contribution in [1.29, 1.82) is 0 Å². The van der Waals surface area contributed by atoms with E-state index in [0.717, 1.165) is 22.5 Å². The highest BCUT2D eigenvalue weighted by Crippen LogP contribution is 2.26. The molecule has 0 aliphatic heterocycles. The number of hydrogen-bond donors (Lipinski definition) is 1. The van der Waals surface area contributed by atoms with E-state index in [0.29, 0.717) is 24.5 Å². The van der Waals surface area contributed by atoms with E-state index in [2.05, 4.69) is 10.4 Å². The van der Waals surface area contributed by atoms with E-state index < -0.39 is 0 Å². The molecule has 0 aliphatic rings. The molecule has 0 radical (unpaired) electrons. The fraction of sp³-hybridized carbons (Fsp3) is 0.412. The summed E-state index contributed by atoms with van der Waals surface area (Å²) < 4.78 is 7.39. The number of nitrogens with one attached hydrogen (secondary N) is 1. The van der Waals surface area contributed by atoms with Gasteiger partial charge in [0.25, 0.3) is 0 Å². The number of aryl methyl sites for hydroxylation is 3. The molecule has 0 saturated carbocycles. The Morgan fingerprint density at radius 2 is 2.05 bits per heavy atom. The summed E-state index contributed by atoms with van der Waals surface area (Å²) in [5.74, 6) is 0.638. The smallest absolute Gasteiger partial charge is 0.229 e. The number of aromatic nitrogens is 2. The molecule has 0 unspecified atom stereocenters. The van der Waals surface area contributed by atoms with E-state index in [1.165, 1.54) is 0 Å². The second-order valence-electron chi connectivity index (χ2n) is 5.43. The third kappa shape index (κ3) is 3.47. The van der Waals surface area contributed by atoms with Gasteiger partial charge >= 0.3 is 0 Å². The average Bonchev–Trinajstić information content (AvgIpc) is 2.69. The summed E-state index contributed by atoms with van der Waals surface area (Å²) in [7, 11) is 1.89. The maximum atomic E-state index is 12.3. The highest BCUT2D eigenvalue weighted by atomic mass is 16.5. The molecule has 5 heteroatoms. The van der Waals surface area contributed by atoms with E-state index in [1.807, 2.05) is 52.9 Å². The summed E-state index contributed by atoms with van der Waals surface area (Å²) in [4.78, 5) is 12.3. The van der Waals surface area contributed by atoms with Gasteiger partial charge in [-0.25, -0.2) is 0 Å². The largest absolute Gasteiger partial charge is 0.492 e. The monoisotopic (exact) mass is 301 g/mol. The molecule has 0 atom stereocenters. The van der Waals surface area contributed by atoms with Gasteiger partial charge in [0.15, 0.2) is 0 Å². The van der Waals surface area contributed by atoms with Crippen LogP contribution in [-0.2, 0) is 18.3 Å². The number of ether oxygens (including phenoxy) is 1. The molecule has 5 nitrogen and oxygen atoms in total. The molecule has 2 aromatic rings. The number of benzene rings is 1. The summed E-state index contributed by atoms with van der Waals surface area (Å²) in [5.41, 5.74) is 4.69. The minimum Gasteiger partial charge on any atom is -0.492 e. The van der Waals surface area contributed by atoms with Gasteiger partial charge in [0.05, 0.1) is 24.4 Å². The summed E-state index contributed by atoms with van der Waals surface area (Å²) in [6.07, 6.45) is 0.310. The minimum absolute atomic E-state index is 0.0657. The van der Waals surface area contributed by atoms with Crippen LogP contribution in [0.15, 0.2) is 18.2 Å². The first-order chi connectivity index (χ1) is 10.4. The van der Waals surface area contributed by atoms with Crippen molar-refractivity contribution in [3.05, 3.63) is 40.7 Å². The molecule has 0 aliphatic carbocycles. The quantitative estimate of drug-likeness (QED) is 0.924. The van der Waals surface area contributed by atoms with Crippen LogP contribution in [0.25, 0.3) is 0 Å². The number of rotatable bonds is 5. The molecule has 1 aromatic carbocycles. The van der Waals surface area contributed by atoms with Gasteiger partial charge in [0.2, 0.25) is 5.91 Å². The van der Waals surface area contributed by atoms with Crippen LogP contribution in [0.2, 0.25) is 0 Å². The molecule has 0 bridgehead atoms. The number of carbonyl (C=O) groups excluding carboxylic acids is 1. The van der Waals surface area contributed by atoms with Gasteiger partial charge in [-0.2, -0.15) is 5.10 Å². The molecule has 0 spiro atoms. The summed E-state index contributed by atoms with van der Waals surface area (Å²) in [6, 6.07) is 5.76. The fourth-order valence-corrected chi connectivity index (χ4v) is 2.44. The number of anilines is 1. The highest BCUT2D eigenvalue weighted by Gasteiger charge is 2.15. The minimum atomic E-state index is -0.0657. The van der Waals surface area contributed by atoms with E-state index in [9.17, 15) is 4.79 Å². The van der Waals surface area contributed by atoms with Crippen LogP contribution in [0.1, 0.15) is 29.4 Å². The lowest BCUT2D eigenvalue weighted by molar-refractivity contribution is -0.115. The van der Waals surface area contributed by atoms with Crippen molar-refractivity contribution in [3.63, 3.8) is 0 Å². The normalized spacial score (nSPS) is 10.6. The first kappa shape index (κ1) is 16.1. The second-order valence-corrected chi connectivity index (χ2v) is 5.43. The van der Waals surface area contributed by atoms with Crippen LogP contribution in [0, 0.1) is 20.8 Å². The van der Waals surface area contributed by atoms with Crippen molar-refractivity contribution in [3.8, 4) is 5.75 Å². The van der Waals surface area contributed by atoms with Gasteiger partial charge in [0.1, 0.15) is 5.75 Å². The van der Waals surface area contributed by atoms with Crippen LogP contribution in [0.4, 0.5) is 5.69 Å². The summed E-state index contributed by atoms with van der Waals surface area (Å²) in [6.45, 7) is 8.38. The summed E-state index contributed by atoms with van der Waals surface area (Å²) >= 11 is 0. The Labute approximate surface area is 131 Å². The zero-order valence-corrected chi connectivity index (χ0v) is 13.9. The van der Waals surface area contributed by atoms with Crippen LogP contribution in [-0.4, -0.2) is 22.3 Å². The SMILES string of the molecule is CCOc1cc(C)ccc1NC(=O)Cc1c(C)nn(C)c1C. The van der Waals surface area contributed by atoms with E-state index in [-0.39, 0.29) is 5.91 Å². The van der Waals surface area contributed by atoms with Crippen molar-refractivity contribution in [2.45, 2.75) is 34.1 Å². The molecule has 1 heterocycles. The molecule has 0 fully saturated rings. The topological polar surface area (TPSA) is 56.1 Å². The van der Waals surface area contributed by atoms with Gasteiger partial charge in [-0.05, 0) is 45.4 Å². The van der Waals surface area contributed by atoms with Gasteiger partial charge in [0, 0.05) is 18.3 Å². The first-order valence-corrected chi connectivity index (χ1v) is 7.44. The van der Waals surface area contributed by atoms with Crippen LogP contribution in [0.5, 0.6) is 5.75 Å². The standard InChI is InChI=1S/C17H23N3O2/c1-6-22-16-9-11(2)7-8-15(16)18-17(21)10-14-12(3)19-20(5)13(14)4/h7-9H,6,10H2,1-5H3,(H,18,21). The van der Waals surface area contributed by atoms with Gasteiger partial charge in [-0.15, -0.1) is 0 Å². The number of nitrogens with zero attached hydrogens (tertiary/aromatic N) is 2. The molecule has 0 saturated heterocycles. The molecule has 1 N–H and O–H groups in total. The molecular weight excluding hydrogens is 278 g/mol. The van der Waals surface area contributed by atoms with E-state index >= 15 is 0 Å². The van der Waals surface area contributed by atoms with Crippen molar-refractivity contribution in [2.24, 2.45) is 7.05 Å². The molecule has 2 rings (SSSR count). The zero-order chi connectivity index (χ0) is 16.3. The second kappa shape index (κ2) is 6.64. The van der Waals surface area contributed by atoms with Crippen LogP contribution >= 0.6 is 0 Å². The molecular formula is C17H23N3O2. The highest BCUT2D eigenvalue weighted by molar-refractivity contribution is 5.94. The molecule has 1 amide bonds.